The zero-order valence-electron chi connectivity index (χ0n) is 14.5. The largest absolute Gasteiger partial charge is 0.490 e. The number of rotatable bonds is 10. The molecule has 0 atom stereocenters. The van der Waals surface area contributed by atoms with Crippen LogP contribution in [0.4, 0.5) is 4.39 Å². The van der Waals surface area contributed by atoms with E-state index in [9.17, 15) is 4.39 Å². The van der Waals surface area contributed by atoms with Crippen molar-refractivity contribution in [1.82, 2.24) is 5.32 Å². The van der Waals surface area contributed by atoms with Crippen LogP contribution in [-0.2, 0) is 17.9 Å². The predicted molar refractivity (Wildman–Crippen MR) is 96.9 cm³/mol. The second-order valence-corrected chi connectivity index (χ2v) is 5.78. The Hall–Kier alpha value is -1.82. The van der Waals surface area contributed by atoms with Gasteiger partial charge in [-0.25, -0.2) is 4.39 Å². The van der Waals surface area contributed by atoms with Gasteiger partial charge in [0, 0.05) is 25.8 Å². The average molecular weight is 368 g/mol. The number of benzene rings is 2. The Labute approximate surface area is 152 Å². The SMILES string of the molecule is CCOc1cc(CNCCOC)ccc1OCc1c(F)cccc1Cl. The van der Waals surface area contributed by atoms with Gasteiger partial charge in [-0.3, -0.25) is 0 Å². The van der Waals surface area contributed by atoms with Gasteiger partial charge in [0.05, 0.1) is 18.2 Å². The van der Waals surface area contributed by atoms with E-state index in [4.69, 9.17) is 25.8 Å². The molecule has 0 fully saturated rings. The molecule has 0 saturated carbocycles. The van der Waals surface area contributed by atoms with Crippen molar-refractivity contribution in [1.29, 1.82) is 0 Å². The third kappa shape index (κ3) is 5.88. The van der Waals surface area contributed by atoms with Crippen LogP contribution in [0.3, 0.4) is 0 Å². The van der Waals surface area contributed by atoms with E-state index in [-0.39, 0.29) is 12.4 Å². The summed E-state index contributed by atoms with van der Waals surface area (Å²) in [6.45, 7) is 4.58. The van der Waals surface area contributed by atoms with Gasteiger partial charge in [0.2, 0.25) is 0 Å². The summed E-state index contributed by atoms with van der Waals surface area (Å²) >= 11 is 6.04. The summed E-state index contributed by atoms with van der Waals surface area (Å²) in [5.74, 6) is 0.798. The van der Waals surface area contributed by atoms with Crippen LogP contribution in [0, 0.1) is 5.82 Å². The summed E-state index contributed by atoms with van der Waals surface area (Å²) in [4.78, 5) is 0. The van der Waals surface area contributed by atoms with Crippen LogP contribution < -0.4 is 14.8 Å². The maximum atomic E-state index is 13.9. The van der Waals surface area contributed by atoms with Crippen molar-refractivity contribution in [2.75, 3.05) is 26.9 Å². The van der Waals surface area contributed by atoms with E-state index in [0.717, 1.165) is 12.1 Å². The standard InChI is InChI=1S/C19H23ClFNO3/c1-3-24-19-11-14(12-22-9-10-23-2)7-8-18(19)25-13-15-16(20)5-4-6-17(15)21/h4-8,11,22H,3,9-10,12-13H2,1-2H3. The Kier molecular flexibility index (Phi) is 7.98. The molecule has 0 saturated heterocycles. The van der Waals surface area contributed by atoms with E-state index in [1.54, 1.807) is 19.2 Å². The van der Waals surface area contributed by atoms with Gasteiger partial charge < -0.3 is 19.5 Å². The van der Waals surface area contributed by atoms with Crippen LogP contribution in [-0.4, -0.2) is 26.9 Å². The normalized spacial score (nSPS) is 10.7. The summed E-state index contributed by atoms with van der Waals surface area (Å²) in [5.41, 5.74) is 1.40. The molecular weight excluding hydrogens is 345 g/mol. The van der Waals surface area contributed by atoms with Crippen molar-refractivity contribution in [2.24, 2.45) is 0 Å². The lowest BCUT2D eigenvalue weighted by Gasteiger charge is -2.14. The summed E-state index contributed by atoms with van der Waals surface area (Å²) in [5, 5.41) is 3.62. The first-order valence-electron chi connectivity index (χ1n) is 8.16. The second kappa shape index (κ2) is 10.2. The van der Waals surface area contributed by atoms with Crippen molar-refractivity contribution < 1.29 is 18.6 Å². The van der Waals surface area contributed by atoms with Gasteiger partial charge >= 0.3 is 0 Å². The van der Waals surface area contributed by atoms with E-state index in [1.165, 1.54) is 6.07 Å². The van der Waals surface area contributed by atoms with Crippen molar-refractivity contribution >= 4 is 11.6 Å². The van der Waals surface area contributed by atoms with Gasteiger partial charge in [-0.15, -0.1) is 0 Å². The molecule has 0 aliphatic heterocycles. The Morgan fingerprint density at radius 1 is 1.12 bits per heavy atom. The van der Waals surface area contributed by atoms with E-state index in [2.05, 4.69) is 5.32 Å². The lowest BCUT2D eigenvalue weighted by molar-refractivity contribution is 0.199. The fraction of sp³-hybridized carbons (Fsp3) is 0.368. The molecule has 0 aliphatic carbocycles. The van der Waals surface area contributed by atoms with Gasteiger partial charge in [-0.1, -0.05) is 23.7 Å². The number of hydrogen-bond donors (Lipinski definition) is 1. The molecule has 6 heteroatoms. The van der Waals surface area contributed by atoms with Crippen LogP contribution in [0.25, 0.3) is 0 Å². The summed E-state index contributed by atoms with van der Waals surface area (Å²) in [6.07, 6.45) is 0. The number of methoxy groups -OCH3 is 1. The highest BCUT2D eigenvalue weighted by Gasteiger charge is 2.11. The topological polar surface area (TPSA) is 39.7 Å². The maximum Gasteiger partial charge on any atom is 0.161 e. The van der Waals surface area contributed by atoms with Crippen molar-refractivity contribution in [3.63, 3.8) is 0 Å². The number of halogens is 2. The Morgan fingerprint density at radius 3 is 2.68 bits per heavy atom. The molecule has 2 aromatic carbocycles. The number of nitrogens with one attached hydrogen (secondary N) is 1. The minimum atomic E-state index is -0.385. The quantitative estimate of drug-likeness (QED) is 0.639. The predicted octanol–water partition coefficient (Wildman–Crippen LogP) is 4.19. The monoisotopic (exact) mass is 367 g/mol. The molecule has 0 bridgehead atoms. The highest BCUT2D eigenvalue weighted by molar-refractivity contribution is 6.31. The van der Waals surface area contributed by atoms with Crippen LogP contribution in [0.15, 0.2) is 36.4 Å². The molecule has 136 valence electrons. The van der Waals surface area contributed by atoms with E-state index < -0.39 is 0 Å². The number of hydrogen-bond acceptors (Lipinski definition) is 4. The van der Waals surface area contributed by atoms with Crippen LogP contribution >= 0.6 is 11.6 Å². The zero-order chi connectivity index (χ0) is 18.1. The average Bonchev–Trinajstić information content (AvgIpc) is 2.60. The Balaban J connectivity index is 2.06. The van der Waals surface area contributed by atoms with E-state index >= 15 is 0 Å². The fourth-order valence-corrected chi connectivity index (χ4v) is 2.49. The molecular formula is C19H23ClFNO3. The molecule has 0 spiro atoms. The molecule has 0 heterocycles. The minimum Gasteiger partial charge on any atom is -0.490 e. The van der Waals surface area contributed by atoms with Crippen LogP contribution in [0.1, 0.15) is 18.1 Å². The van der Waals surface area contributed by atoms with Crippen LogP contribution in [0.5, 0.6) is 11.5 Å². The third-order valence-corrected chi connectivity index (χ3v) is 3.91. The van der Waals surface area contributed by atoms with E-state index in [0.29, 0.717) is 41.8 Å². The first-order valence-corrected chi connectivity index (χ1v) is 8.54. The molecule has 0 aromatic heterocycles. The van der Waals surface area contributed by atoms with Crippen molar-refractivity contribution in [3.05, 3.63) is 58.4 Å². The molecule has 0 aliphatic rings. The molecule has 4 nitrogen and oxygen atoms in total. The fourth-order valence-electron chi connectivity index (χ4n) is 2.28. The van der Waals surface area contributed by atoms with Gasteiger partial charge in [0.15, 0.2) is 11.5 Å². The lowest BCUT2D eigenvalue weighted by atomic mass is 10.2. The molecule has 2 aromatic rings. The highest BCUT2D eigenvalue weighted by Crippen LogP contribution is 2.30. The summed E-state index contributed by atoms with van der Waals surface area (Å²) < 4.78 is 30.3. The molecule has 0 radical (unpaired) electrons. The highest BCUT2D eigenvalue weighted by atomic mass is 35.5. The maximum absolute atomic E-state index is 13.9. The minimum absolute atomic E-state index is 0.0387. The van der Waals surface area contributed by atoms with Gasteiger partial charge in [0.25, 0.3) is 0 Å². The zero-order valence-corrected chi connectivity index (χ0v) is 15.2. The molecule has 25 heavy (non-hydrogen) atoms. The van der Waals surface area contributed by atoms with E-state index in [1.807, 2.05) is 25.1 Å². The molecule has 1 N–H and O–H groups in total. The third-order valence-electron chi connectivity index (χ3n) is 3.55. The Morgan fingerprint density at radius 2 is 1.96 bits per heavy atom. The Bertz CT molecular complexity index is 661. The smallest absolute Gasteiger partial charge is 0.161 e. The van der Waals surface area contributed by atoms with Gasteiger partial charge in [0.1, 0.15) is 12.4 Å². The second-order valence-electron chi connectivity index (χ2n) is 5.37. The van der Waals surface area contributed by atoms with Gasteiger partial charge in [-0.05, 0) is 36.8 Å². The first-order chi connectivity index (χ1) is 12.2. The molecule has 0 unspecified atom stereocenters. The summed E-state index contributed by atoms with van der Waals surface area (Å²) in [6, 6.07) is 10.3. The number of ether oxygens (including phenoxy) is 3. The van der Waals surface area contributed by atoms with Crippen LogP contribution in [0.2, 0.25) is 5.02 Å². The summed E-state index contributed by atoms with van der Waals surface area (Å²) in [7, 11) is 1.67. The van der Waals surface area contributed by atoms with Crippen molar-refractivity contribution in [3.8, 4) is 11.5 Å². The lowest BCUT2D eigenvalue weighted by Crippen LogP contribution is -2.18. The van der Waals surface area contributed by atoms with Gasteiger partial charge in [-0.2, -0.15) is 0 Å². The molecule has 2 rings (SSSR count). The molecule has 0 amide bonds. The first kappa shape index (κ1) is 19.5. The van der Waals surface area contributed by atoms with Crippen molar-refractivity contribution in [2.45, 2.75) is 20.1 Å².